The Kier molecular flexibility index (Phi) is 73.3. The molecule has 0 aromatic rings. The Bertz CT molecular complexity index is 1330. The lowest BCUT2D eigenvalue weighted by Crippen LogP contribution is -2.45. The largest absolute Gasteiger partial charge is 0.466 e. The lowest BCUT2D eigenvalue weighted by atomic mass is 10.0. The summed E-state index contributed by atoms with van der Waals surface area (Å²) in [5.74, 6) is -0.0149. The highest BCUT2D eigenvalue weighted by Gasteiger charge is 2.20. The van der Waals surface area contributed by atoms with E-state index < -0.39 is 12.1 Å². The topological polar surface area (TPSA) is 95.9 Å². The van der Waals surface area contributed by atoms with Crippen molar-refractivity contribution in [2.45, 2.75) is 456 Å². The number of ether oxygens (including phenoxy) is 1. The van der Waals surface area contributed by atoms with Gasteiger partial charge in [-0.3, -0.25) is 9.59 Å². The van der Waals surface area contributed by atoms with Crippen LogP contribution in [0.2, 0.25) is 0 Å². The molecule has 0 spiro atoms. The molecule has 2 unspecified atom stereocenters. The number of esters is 1. The van der Waals surface area contributed by atoms with Crippen LogP contribution in [-0.2, 0) is 14.3 Å². The number of rotatable bonds is 74. The van der Waals surface area contributed by atoms with Crippen LogP contribution in [0, 0.1) is 0 Å². The van der Waals surface area contributed by atoms with Gasteiger partial charge in [0.1, 0.15) is 0 Å². The fraction of sp³-hybridized carbons (Fsp3) is 0.924. The Balaban J connectivity index is 3.33. The number of aliphatic hydroxyl groups is 2. The molecule has 1 amide bonds. The molecule has 0 aromatic heterocycles. The number of nitrogens with one attached hydrogen (secondary N) is 1. The molecular weight excluding hydrogens is 1040 g/mol. The van der Waals surface area contributed by atoms with Gasteiger partial charge in [0, 0.05) is 12.8 Å². The quantitative estimate of drug-likeness (QED) is 0.0320. The van der Waals surface area contributed by atoms with Gasteiger partial charge in [0.25, 0.3) is 0 Å². The van der Waals surface area contributed by atoms with Crippen LogP contribution in [0.15, 0.2) is 24.3 Å². The zero-order valence-electron chi connectivity index (χ0n) is 57.9. The van der Waals surface area contributed by atoms with Crippen molar-refractivity contribution in [1.29, 1.82) is 0 Å². The van der Waals surface area contributed by atoms with E-state index in [1.165, 1.54) is 366 Å². The number of aliphatic hydroxyl groups excluding tert-OH is 2. The third-order valence-corrected chi connectivity index (χ3v) is 18.5. The van der Waals surface area contributed by atoms with Gasteiger partial charge in [0.2, 0.25) is 5.91 Å². The maximum atomic E-state index is 12.6. The summed E-state index contributed by atoms with van der Waals surface area (Å²) < 4.78 is 5.47. The van der Waals surface area contributed by atoms with Gasteiger partial charge >= 0.3 is 5.97 Å². The summed E-state index contributed by atoms with van der Waals surface area (Å²) in [6.45, 7) is 4.96. The molecule has 504 valence electrons. The normalized spacial score (nSPS) is 12.6. The molecule has 0 saturated carbocycles. The maximum Gasteiger partial charge on any atom is 0.305 e. The molecule has 0 fully saturated rings. The van der Waals surface area contributed by atoms with Crippen LogP contribution in [0.3, 0.4) is 0 Å². The van der Waals surface area contributed by atoms with Crippen molar-refractivity contribution in [1.82, 2.24) is 5.32 Å². The number of hydrogen-bond acceptors (Lipinski definition) is 5. The highest BCUT2D eigenvalue weighted by molar-refractivity contribution is 5.76. The predicted octanol–water partition coefficient (Wildman–Crippen LogP) is 25.7. The Hall–Kier alpha value is -1.66. The number of carbonyl (C=O) groups excluding carboxylic acids is 2. The zero-order chi connectivity index (χ0) is 61.3. The lowest BCUT2D eigenvalue weighted by Gasteiger charge is -2.22. The number of unbranched alkanes of at least 4 members (excludes halogenated alkanes) is 59. The predicted molar refractivity (Wildman–Crippen MR) is 375 cm³/mol. The number of carbonyl (C=O) groups is 2. The molecule has 0 saturated heterocycles. The fourth-order valence-corrected chi connectivity index (χ4v) is 12.5. The molecule has 0 radical (unpaired) electrons. The molecule has 85 heavy (non-hydrogen) atoms. The molecule has 3 N–H and O–H groups in total. The smallest absolute Gasteiger partial charge is 0.305 e. The van der Waals surface area contributed by atoms with Crippen molar-refractivity contribution in [3.63, 3.8) is 0 Å². The highest BCUT2D eigenvalue weighted by atomic mass is 16.5. The molecule has 0 heterocycles. The Morgan fingerprint density at radius 2 is 0.565 bits per heavy atom. The van der Waals surface area contributed by atoms with Crippen molar-refractivity contribution < 1.29 is 24.5 Å². The molecule has 6 heteroatoms. The molecule has 0 aromatic carbocycles. The minimum Gasteiger partial charge on any atom is -0.466 e. The molecular formula is C79H153NO5. The fourth-order valence-electron chi connectivity index (χ4n) is 12.5. The van der Waals surface area contributed by atoms with E-state index in [1.807, 2.05) is 0 Å². The Labute approximate surface area is 532 Å². The van der Waals surface area contributed by atoms with Crippen LogP contribution in [0.25, 0.3) is 0 Å². The molecule has 0 bridgehead atoms. The zero-order valence-corrected chi connectivity index (χ0v) is 57.9. The highest BCUT2D eigenvalue weighted by Crippen LogP contribution is 2.20. The van der Waals surface area contributed by atoms with E-state index in [0.29, 0.717) is 25.9 Å². The molecule has 0 rings (SSSR count). The van der Waals surface area contributed by atoms with E-state index in [2.05, 4.69) is 43.5 Å². The summed E-state index contributed by atoms with van der Waals surface area (Å²) >= 11 is 0. The van der Waals surface area contributed by atoms with Crippen LogP contribution in [0.4, 0.5) is 0 Å². The summed E-state index contributed by atoms with van der Waals surface area (Å²) in [5, 5.41) is 23.4. The van der Waals surface area contributed by atoms with E-state index >= 15 is 0 Å². The monoisotopic (exact) mass is 1200 g/mol. The molecule has 2 atom stereocenters. The minimum atomic E-state index is -0.662. The minimum absolute atomic E-state index is 0.0110. The second-order valence-corrected chi connectivity index (χ2v) is 27.0. The van der Waals surface area contributed by atoms with Crippen LogP contribution < -0.4 is 5.32 Å². The summed E-state index contributed by atoms with van der Waals surface area (Å²) in [7, 11) is 0. The Morgan fingerprint density at radius 1 is 0.318 bits per heavy atom. The van der Waals surface area contributed by atoms with Gasteiger partial charge < -0.3 is 20.3 Å². The van der Waals surface area contributed by atoms with E-state index in [9.17, 15) is 19.8 Å². The van der Waals surface area contributed by atoms with E-state index in [4.69, 9.17) is 4.74 Å². The van der Waals surface area contributed by atoms with Crippen molar-refractivity contribution in [2.75, 3.05) is 13.2 Å². The first-order valence-electron chi connectivity index (χ1n) is 39.1. The summed E-state index contributed by atoms with van der Waals surface area (Å²) in [6.07, 6.45) is 95.6. The van der Waals surface area contributed by atoms with Crippen LogP contribution >= 0.6 is 0 Å². The van der Waals surface area contributed by atoms with Gasteiger partial charge in [-0.1, -0.05) is 385 Å². The van der Waals surface area contributed by atoms with E-state index in [1.54, 1.807) is 0 Å². The van der Waals surface area contributed by atoms with Gasteiger partial charge in [0.15, 0.2) is 0 Å². The van der Waals surface area contributed by atoms with Gasteiger partial charge in [-0.25, -0.2) is 0 Å². The average Bonchev–Trinajstić information content (AvgIpc) is 3.54. The number of allylic oxidation sites excluding steroid dienone is 4. The third-order valence-electron chi connectivity index (χ3n) is 18.5. The summed E-state index contributed by atoms with van der Waals surface area (Å²) in [6, 6.07) is -0.539. The average molecular weight is 1200 g/mol. The van der Waals surface area contributed by atoms with Crippen LogP contribution in [0.1, 0.15) is 444 Å². The molecule has 0 aliphatic carbocycles. The van der Waals surface area contributed by atoms with E-state index in [-0.39, 0.29) is 18.5 Å². The molecule has 6 nitrogen and oxygen atoms in total. The number of amides is 1. The van der Waals surface area contributed by atoms with Crippen molar-refractivity contribution in [3.05, 3.63) is 24.3 Å². The van der Waals surface area contributed by atoms with Crippen LogP contribution in [0.5, 0.6) is 0 Å². The standard InChI is InChI=1S/C79H153NO5/c1-3-5-7-9-11-13-15-16-17-18-19-39-42-45-48-52-55-59-63-67-71-77(82)76(75-81)80-78(83)72-68-64-60-56-53-49-46-43-40-37-35-33-31-29-27-25-23-21-20-22-24-26-28-30-32-34-36-38-41-44-47-50-54-58-62-66-70-74-85-79(84)73-69-65-61-57-51-14-12-10-8-6-4-2/h10,12,20,22,76-77,81-82H,3-9,11,13-19,21,23-75H2,1-2H3,(H,80,83)/b12-10-,22-20-. The first-order chi connectivity index (χ1) is 42.0. The second-order valence-electron chi connectivity index (χ2n) is 27.0. The summed E-state index contributed by atoms with van der Waals surface area (Å²) in [5.41, 5.74) is 0. The summed E-state index contributed by atoms with van der Waals surface area (Å²) in [4.78, 5) is 24.6. The van der Waals surface area contributed by atoms with Gasteiger partial charge in [-0.15, -0.1) is 0 Å². The first kappa shape index (κ1) is 83.3. The van der Waals surface area contributed by atoms with Crippen molar-refractivity contribution in [2.24, 2.45) is 0 Å². The molecule has 0 aliphatic rings. The van der Waals surface area contributed by atoms with Crippen molar-refractivity contribution >= 4 is 11.9 Å². The Morgan fingerprint density at radius 3 is 0.871 bits per heavy atom. The lowest BCUT2D eigenvalue weighted by molar-refractivity contribution is -0.143. The molecule has 0 aliphatic heterocycles. The van der Waals surface area contributed by atoms with Crippen LogP contribution in [-0.4, -0.2) is 47.4 Å². The van der Waals surface area contributed by atoms with Gasteiger partial charge in [-0.05, 0) is 70.6 Å². The van der Waals surface area contributed by atoms with E-state index in [0.717, 1.165) is 44.9 Å². The second kappa shape index (κ2) is 74.8. The maximum absolute atomic E-state index is 12.6. The third kappa shape index (κ3) is 71.3. The first-order valence-corrected chi connectivity index (χ1v) is 39.1. The van der Waals surface area contributed by atoms with Gasteiger partial charge in [0.05, 0.1) is 25.4 Å². The van der Waals surface area contributed by atoms with Crippen molar-refractivity contribution in [3.8, 4) is 0 Å². The van der Waals surface area contributed by atoms with Gasteiger partial charge in [-0.2, -0.15) is 0 Å². The number of hydrogen-bond donors (Lipinski definition) is 3. The SMILES string of the molecule is CCCC/C=C\CCCCCCCC(=O)OCCCCCCCCCCCCCCCCCC/C=C\CCCCCCCCCCCCCCCCCCCC(=O)NC(CO)C(O)CCCCCCCCCCCCCCCCCCCCCC.